The second kappa shape index (κ2) is 8.82. The number of hydrogen-bond acceptors (Lipinski definition) is 4. The Hall–Kier alpha value is -2.60. The largest absolute Gasteiger partial charge is 0.497 e. The number of carbonyl (C=O) groups is 1. The maximum atomic E-state index is 13.2. The second-order valence-electron chi connectivity index (χ2n) is 7.55. The third-order valence-electron chi connectivity index (χ3n) is 5.56. The van der Waals surface area contributed by atoms with E-state index in [0.717, 1.165) is 34.9 Å². The molecule has 6 heteroatoms. The predicted octanol–water partition coefficient (Wildman–Crippen LogP) is 4.67. The summed E-state index contributed by atoms with van der Waals surface area (Å²) in [5, 5.41) is 3.22. The zero-order valence-corrected chi connectivity index (χ0v) is 17.8. The van der Waals surface area contributed by atoms with E-state index in [2.05, 4.69) is 16.4 Å². The number of rotatable bonds is 5. The Bertz CT molecular complexity index is 949. The number of nitrogens with zero attached hydrogens (tertiary/aromatic N) is 2. The molecule has 3 aromatic rings. The van der Waals surface area contributed by atoms with Crippen LogP contribution in [0.15, 0.2) is 42.7 Å². The van der Waals surface area contributed by atoms with Crippen LogP contribution >= 0.6 is 11.3 Å². The lowest BCUT2D eigenvalue weighted by Gasteiger charge is -2.19. The Morgan fingerprint density at radius 2 is 1.93 bits per heavy atom. The van der Waals surface area contributed by atoms with Crippen LogP contribution in [0.2, 0.25) is 0 Å². The number of hydrogen-bond donors (Lipinski definition) is 1. The molecular weight excluding hydrogens is 382 g/mol. The molecular formula is C23H27N3O2S. The topological polar surface area (TPSA) is 56.1 Å². The first-order valence-electron chi connectivity index (χ1n) is 10.2. The number of aryl methyl sites for hydroxylation is 3. The molecule has 0 fully saturated rings. The summed E-state index contributed by atoms with van der Waals surface area (Å²) in [4.78, 5) is 19.9. The molecule has 1 N–H and O–H groups in total. The smallest absolute Gasteiger partial charge is 0.262 e. The van der Waals surface area contributed by atoms with Crippen molar-refractivity contribution >= 4 is 17.2 Å². The molecule has 2 aromatic heterocycles. The van der Waals surface area contributed by atoms with Crippen LogP contribution in [0, 0.1) is 0 Å². The number of methoxy groups -OCH3 is 1. The van der Waals surface area contributed by atoms with E-state index in [1.807, 2.05) is 42.1 Å². The SMILES string of the molecule is COc1ccc(C(NC(=O)c2cc3c(s2)CCCCCC3)c2nccn2C)cc1. The van der Waals surface area contributed by atoms with Crippen LogP contribution in [0.5, 0.6) is 5.75 Å². The monoisotopic (exact) mass is 409 g/mol. The summed E-state index contributed by atoms with van der Waals surface area (Å²) in [7, 11) is 3.60. The second-order valence-corrected chi connectivity index (χ2v) is 8.69. The van der Waals surface area contributed by atoms with E-state index >= 15 is 0 Å². The van der Waals surface area contributed by atoms with Gasteiger partial charge < -0.3 is 14.6 Å². The molecule has 0 saturated carbocycles. The van der Waals surface area contributed by atoms with Gasteiger partial charge in [0.05, 0.1) is 12.0 Å². The van der Waals surface area contributed by atoms with E-state index in [4.69, 9.17) is 4.74 Å². The zero-order chi connectivity index (χ0) is 20.2. The van der Waals surface area contributed by atoms with E-state index in [9.17, 15) is 4.79 Å². The van der Waals surface area contributed by atoms with Crippen molar-refractivity contribution in [3.05, 3.63) is 69.4 Å². The van der Waals surface area contributed by atoms with Crippen LogP contribution in [-0.2, 0) is 19.9 Å². The fourth-order valence-corrected chi connectivity index (χ4v) is 5.06. The van der Waals surface area contributed by atoms with Gasteiger partial charge in [0.25, 0.3) is 5.91 Å². The molecule has 1 aromatic carbocycles. The minimum Gasteiger partial charge on any atom is -0.497 e. The first-order valence-corrected chi connectivity index (χ1v) is 11.0. The Kier molecular flexibility index (Phi) is 6.00. The molecule has 0 aliphatic heterocycles. The highest BCUT2D eigenvalue weighted by Gasteiger charge is 2.23. The summed E-state index contributed by atoms with van der Waals surface area (Å²) < 4.78 is 7.22. The maximum Gasteiger partial charge on any atom is 0.262 e. The molecule has 0 radical (unpaired) electrons. The number of carbonyl (C=O) groups excluding carboxylic acids is 1. The van der Waals surface area contributed by atoms with Gasteiger partial charge in [0.2, 0.25) is 0 Å². The third-order valence-corrected chi connectivity index (χ3v) is 6.80. The minimum absolute atomic E-state index is 0.0365. The average Bonchev–Trinajstić information content (AvgIpc) is 3.32. The summed E-state index contributed by atoms with van der Waals surface area (Å²) in [5.74, 6) is 1.56. The molecule has 1 atom stereocenters. The van der Waals surface area contributed by atoms with Crippen molar-refractivity contribution in [3.8, 4) is 5.75 Å². The molecule has 0 saturated heterocycles. The van der Waals surface area contributed by atoms with Crippen molar-refractivity contribution in [2.75, 3.05) is 7.11 Å². The standard InChI is InChI=1S/C23H27N3O2S/c1-26-14-13-24-22(26)21(16-9-11-18(28-2)12-10-16)25-23(27)20-15-17-7-5-3-4-6-8-19(17)29-20/h9-15,21H,3-8H2,1-2H3,(H,25,27). The van der Waals surface area contributed by atoms with E-state index < -0.39 is 0 Å². The third kappa shape index (κ3) is 4.37. The van der Waals surface area contributed by atoms with Gasteiger partial charge in [-0.15, -0.1) is 11.3 Å². The van der Waals surface area contributed by atoms with Gasteiger partial charge in [-0.1, -0.05) is 25.0 Å². The summed E-state index contributed by atoms with van der Waals surface area (Å²) >= 11 is 1.65. The molecule has 4 rings (SSSR count). The summed E-state index contributed by atoms with van der Waals surface area (Å²) in [6.45, 7) is 0. The van der Waals surface area contributed by atoms with Gasteiger partial charge in [0.1, 0.15) is 17.6 Å². The van der Waals surface area contributed by atoms with Gasteiger partial charge in [-0.25, -0.2) is 4.98 Å². The summed E-state index contributed by atoms with van der Waals surface area (Å²) in [6, 6.07) is 9.56. The Labute approximate surface area is 175 Å². The van der Waals surface area contributed by atoms with Crippen molar-refractivity contribution < 1.29 is 9.53 Å². The molecule has 29 heavy (non-hydrogen) atoms. The quantitative estimate of drug-likeness (QED) is 0.666. The summed E-state index contributed by atoms with van der Waals surface area (Å²) in [5.41, 5.74) is 2.33. The van der Waals surface area contributed by atoms with Gasteiger partial charge in [0.15, 0.2) is 0 Å². The van der Waals surface area contributed by atoms with Crippen LogP contribution in [-0.4, -0.2) is 22.6 Å². The lowest BCUT2D eigenvalue weighted by molar-refractivity contribution is 0.0945. The molecule has 0 bridgehead atoms. The molecule has 1 aliphatic rings. The molecule has 1 unspecified atom stereocenters. The Balaban J connectivity index is 1.61. The van der Waals surface area contributed by atoms with Gasteiger partial charge in [0, 0.05) is 24.3 Å². The van der Waals surface area contributed by atoms with Crippen LogP contribution in [0.1, 0.15) is 63.2 Å². The van der Waals surface area contributed by atoms with E-state index in [1.165, 1.54) is 36.1 Å². The average molecular weight is 410 g/mol. The first kappa shape index (κ1) is 19.7. The molecule has 2 heterocycles. The number of benzene rings is 1. The molecule has 5 nitrogen and oxygen atoms in total. The fraction of sp³-hybridized carbons (Fsp3) is 0.391. The van der Waals surface area contributed by atoms with Crippen LogP contribution in [0.3, 0.4) is 0 Å². The number of aromatic nitrogens is 2. The highest BCUT2D eigenvalue weighted by Crippen LogP contribution is 2.30. The lowest BCUT2D eigenvalue weighted by atomic mass is 9.99. The number of amides is 1. The van der Waals surface area contributed by atoms with E-state index in [-0.39, 0.29) is 11.9 Å². The van der Waals surface area contributed by atoms with Crippen molar-refractivity contribution in [1.29, 1.82) is 0 Å². The van der Waals surface area contributed by atoms with Crippen molar-refractivity contribution in [1.82, 2.24) is 14.9 Å². The van der Waals surface area contributed by atoms with Gasteiger partial charge >= 0.3 is 0 Å². The van der Waals surface area contributed by atoms with Crippen LogP contribution in [0.4, 0.5) is 0 Å². The summed E-state index contributed by atoms with van der Waals surface area (Å²) in [6.07, 6.45) is 10.8. The van der Waals surface area contributed by atoms with E-state index in [0.29, 0.717) is 0 Å². The highest BCUT2D eigenvalue weighted by atomic mass is 32.1. The highest BCUT2D eigenvalue weighted by molar-refractivity contribution is 7.14. The van der Waals surface area contributed by atoms with Crippen LogP contribution in [0.25, 0.3) is 0 Å². The number of nitrogens with one attached hydrogen (secondary N) is 1. The van der Waals surface area contributed by atoms with E-state index in [1.54, 1.807) is 24.6 Å². The van der Waals surface area contributed by atoms with Gasteiger partial charge in [-0.2, -0.15) is 0 Å². The Morgan fingerprint density at radius 3 is 2.62 bits per heavy atom. The molecule has 152 valence electrons. The lowest BCUT2D eigenvalue weighted by Crippen LogP contribution is -2.30. The Morgan fingerprint density at radius 1 is 1.17 bits per heavy atom. The first-order chi connectivity index (χ1) is 14.2. The van der Waals surface area contributed by atoms with Gasteiger partial charge in [-0.05, 0) is 55.0 Å². The maximum absolute atomic E-state index is 13.2. The van der Waals surface area contributed by atoms with Gasteiger partial charge in [-0.3, -0.25) is 4.79 Å². The van der Waals surface area contributed by atoms with Crippen molar-refractivity contribution in [2.24, 2.45) is 7.05 Å². The predicted molar refractivity (Wildman–Crippen MR) is 116 cm³/mol. The number of ether oxygens (including phenoxy) is 1. The fourth-order valence-electron chi connectivity index (χ4n) is 3.91. The number of thiophene rings is 1. The van der Waals surface area contributed by atoms with Crippen molar-refractivity contribution in [2.45, 2.75) is 44.6 Å². The normalized spacial score (nSPS) is 15.1. The molecule has 0 spiro atoms. The zero-order valence-electron chi connectivity index (χ0n) is 17.0. The molecule has 1 aliphatic carbocycles. The van der Waals surface area contributed by atoms with Crippen LogP contribution < -0.4 is 10.1 Å². The van der Waals surface area contributed by atoms with Crippen molar-refractivity contribution in [3.63, 3.8) is 0 Å². The molecule has 1 amide bonds. The number of imidazole rings is 1. The number of fused-ring (bicyclic) bond motifs is 1. The minimum atomic E-state index is -0.321.